The van der Waals surface area contributed by atoms with Crippen molar-refractivity contribution in [3.8, 4) is 0 Å². The Hall–Kier alpha value is -6.21. The fourth-order valence-electron chi connectivity index (χ4n) is 11.9. The number of hydrogen-bond donors (Lipinski definition) is 5. The van der Waals surface area contributed by atoms with E-state index in [1.54, 1.807) is 60.6 Å². The third kappa shape index (κ3) is 22.8. The van der Waals surface area contributed by atoms with Crippen LogP contribution >= 0.6 is 0 Å². The maximum absolute atomic E-state index is 15.5. The van der Waals surface area contributed by atoms with Gasteiger partial charge in [0.15, 0.2) is 0 Å². The van der Waals surface area contributed by atoms with Crippen LogP contribution in [0, 0.1) is 41.4 Å². The number of likely N-dealkylation sites (N-methyl/N-ethyl adjacent to an activating group) is 7. The summed E-state index contributed by atoms with van der Waals surface area (Å²) in [6.45, 7) is 29.5. The molecule has 0 aromatic heterocycles. The van der Waals surface area contributed by atoms with Crippen molar-refractivity contribution in [3.63, 3.8) is 0 Å². The van der Waals surface area contributed by atoms with Crippen LogP contribution in [0.5, 0.6) is 0 Å². The number of unbranched alkanes of at least 4 members (excludes halogenated alkanes) is 1. The van der Waals surface area contributed by atoms with Gasteiger partial charge < -0.3 is 70.1 Å². The van der Waals surface area contributed by atoms with Crippen LogP contribution in [0.25, 0.3) is 0 Å². The summed E-state index contributed by atoms with van der Waals surface area (Å²) in [6.07, 6.45) is 1.52. The Morgan fingerprint density at radius 2 is 0.880 bits per heavy atom. The van der Waals surface area contributed by atoms with Crippen molar-refractivity contribution in [2.45, 2.75) is 242 Å². The van der Waals surface area contributed by atoms with Crippen LogP contribution in [0.1, 0.15) is 169 Å². The lowest BCUT2D eigenvalue weighted by Crippen LogP contribution is -2.64. The molecule has 92 heavy (non-hydrogen) atoms. The zero-order chi connectivity index (χ0) is 71.3. The van der Waals surface area contributed by atoms with Crippen molar-refractivity contribution >= 4 is 65.0 Å². The maximum atomic E-state index is 15.5. The quantitative estimate of drug-likeness (QED) is 0.0858. The topological polar surface area (TPSA) is 299 Å². The zero-order valence-electron chi connectivity index (χ0n) is 60.6. The number of aliphatic hydroxyl groups excluding tert-OH is 2. The molecule has 5 N–H and O–H groups in total. The summed E-state index contributed by atoms with van der Waals surface area (Å²) < 4.78 is 5.76. The minimum atomic E-state index is -1.69. The fourth-order valence-corrected chi connectivity index (χ4v) is 11.9. The summed E-state index contributed by atoms with van der Waals surface area (Å²) in [4.78, 5) is 174. The minimum absolute atomic E-state index is 0.0496. The van der Waals surface area contributed by atoms with Gasteiger partial charge in [0.1, 0.15) is 60.4 Å². The predicted octanol–water partition coefficient (Wildman–Crippen LogP) is 3.73. The summed E-state index contributed by atoms with van der Waals surface area (Å²) in [5, 5.41) is 30.3. The van der Waals surface area contributed by atoms with Crippen LogP contribution in [0.3, 0.4) is 0 Å². The average Bonchev–Trinajstić information content (AvgIpc) is 0.813. The van der Waals surface area contributed by atoms with Crippen molar-refractivity contribution in [1.29, 1.82) is 0 Å². The molecule has 11 amide bonds. The molecule has 0 saturated carbocycles. The lowest BCUT2D eigenvalue weighted by molar-refractivity contribution is -0.167. The molecule has 0 aliphatic carbocycles. The van der Waals surface area contributed by atoms with Gasteiger partial charge in [-0.2, -0.15) is 0 Å². The number of nitrogens with one attached hydrogen (secondary N) is 3. The zero-order valence-corrected chi connectivity index (χ0v) is 60.6. The van der Waals surface area contributed by atoms with Gasteiger partial charge in [-0.1, -0.05) is 109 Å². The van der Waals surface area contributed by atoms with E-state index >= 15 is 33.6 Å². The van der Waals surface area contributed by atoms with Gasteiger partial charge >= 0.3 is 0 Å². The van der Waals surface area contributed by atoms with E-state index < -0.39 is 155 Å². The van der Waals surface area contributed by atoms with Gasteiger partial charge in [-0.15, -0.1) is 0 Å². The van der Waals surface area contributed by atoms with E-state index in [4.69, 9.17) is 4.74 Å². The number of hydrogen-bond acceptors (Lipinski definition) is 14. The standard InChI is InChI=1S/C67H121N11O14/c1-26-28-31-44(15)55(80)54-58(83)70-47(27-2)60(85)77(24)67(92-25)66(91)74(21)51(37-41(9)10)63(88)78(32-29-30-33-79)53(43(13)14)65(90)71(18)48(34-38(3)4)57(82)68-45(16)56(81)69-46(17)59(84)72(19)49(35-39(5)6)61(86)73(20)50(36-40(7)8)62(87)75(22)52(42(11)12)64(89)76(54)23/h26,28,38-55,67,79-80H,27,29-37H2,1-25H3,(H,68,82)(H,69,81)(H,70,83)/b28-26+/t44-,45+,46-,47+,48+,49+,50+,51+,52+,53+,54+,55-,67?/m1/s1. The van der Waals surface area contributed by atoms with Crippen molar-refractivity contribution in [2.24, 2.45) is 41.4 Å². The Morgan fingerprint density at radius 3 is 1.33 bits per heavy atom. The number of allylic oxidation sites excluding steroid dienone is 2. The van der Waals surface area contributed by atoms with E-state index in [2.05, 4.69) is 16.0 Å². The lowest BCUT2D eigenvalue weighted by Gasteiger charge is -2.42. The van der Waals surface area contributed by atoms with E-state index in [1.807, 2.05) is 55.4 Å². The molecule has 13 atom stereocenters. The highest BCUT2D eigenvalue weighted by molar-refractivity contribution is 6.00. The normalized spacial score (nSPS) is 26.7. The van der Waals surface area contributed by atoms with Gasteiger partial charge in [0.2, 0.25) is 65.3 Å². The molecule has 0 spiro atoms. The molecule has 25 nitrogen and oxygen atoms in total. The van der Waals surface area contributed by atoms with Crippen LogP contribution in [-0.2, 0) is 57.5 Å². The van der Waals surface area contributed by atoms with Gasteiger partial charge in [-0.3, -0.25) is 52.7 Å². The Bertz CT molecular complexity index is 2490. The van der Waals surface area contributed by atoms with Crippen molar-refractivity contribution in [1.82, 2.24) is 55.1 Å². The van der Waals surface area contributed by atoms with Crippen LogP contribution < -0.4 is 16.0 Å². The first-order valence-corrected chi connectivity index (χ1v) is 33.2. The van der Waals surface area contributed by atoms with Gasteiger partial charge in [0.25, 0.3) is 5.91 Å². The average molecular weight is 1300 g/mol. The molecule has 1 fully saturated rings. The number of carbonyl (C=O) groups excluding carboxylic acids is 11. The molecule has 0 aromatic carbocycles. The number of carbonyl (C=O) groups is 11. The van der Waals surface area contributed by atoms with E-state index in [9.17, 15) is 29.4 Å². The summed E-state index contributed by atoms with van der Waals surface area (Å²) in [6, 6.07) is -12.9. The van der Waals surface area contributed by atoms with E-state index in [0.717, 1.165) is 9.80 Å². The molecule has 1 aliphatic heterocycles. The Kier molecular flexibility index (Phi) is 35.4. The molecule has 25 heteroatoms. The second-order valence-electron chi connectivity index (χ2n) is 27.8. The number of methoxy groups -OCH3 is 1. The van der Waals surface area contributed by atoms with E-state index in [-0.39, 0.29) is 88.2 Å². The Morgan fingerprint density at radius 1 is 0.467 bits per heavy atom. The van der Waals surface area contributed by atoms with Crippen LogP contribution in [0.2, 0.25) is 0 Å². The van der Waals surface area contributed by atoms with Crippen molar-refractivity contribution in [2.75, 3.05) is 69.6 Å². The first kappa shape index (κ1) is 83.8. The van der Waals surface area contributed by atoms with Crippen molar-refractivity contribution in [3.05, 3.63) is 12.2 Å². The second-order valence-corrected chi connectivity index (χ2v) is 27.8. The summed E-state index contributed by atoms with van der Waals surface area (Å²) >= 11 is 0. The number of ether oxygens (including phenoxy) is 1. The highest BCUT2D eigenvalue weighted by Crippen LogP contribution is 2.27. The molecule has 1 heterocycles. The minimum Gasteiger partial charge on any atom is -0.396 e. The second kappa shape index (κ2) is 38.8. The fraction of sp³-hybridized carbons (Fsp3) is 0.806. The third-order valence-corrected chi connectivity index (χ3v) is 17.5. The van der Waals surface area contributed by atoms with Gasteiger partial charge in [0.05, 0.1) is 6.10 Å². The molecule has 1 unspecified atom stereocenters. The SMILES string of the molecule is C/C=C/C[C@@H](C)[C@@H](O)[C@H]1C(=O)N[C@@H](CC)C(=O)N(C)C(OC)C(=O)N(C)[C@@H](CC(C)C)C(=O)N(CCCCO)[C@@H](C(C)C)C(=O)N(C)[C@@H](CC(C)C)C(=O)N[C@@H](C)C(=O)N[C@H](C)C(=O)N(C)[C@@H](CC(C)C)C(=O)N(C)[C@@H](CC(C)C)C(=O)N(C)[C@@H](C(C)C)C(=O)N1C. The van der Waals surface area contributed by atoms with Crippen LogP contribution in [0.4, 0.5) is 0 Å². The predicted molar refractivity (Wildman–Crippen MR) is 354 cm³/mol. The van der Waals surface area contributed by atoms with Gasteiger partial charge in [-0.05, 0) is 114 Å². The smallest absolute Gasteiger partial charge is 0.273 e. The summed E-state index contributed by atoms with van der Waals surface area (Å²) in [5.74, 6) is -10.5. The molecule has 1 aliphatic rings. The number of rotatable bonds is 20. The summed E-state index contributed by atoms with van der Waals surface area (Å²) in [5.41, 5.74) is 0. The van der Waals surface area contributed by atoms with Crippen LogP contribution in [0.15, 0.2) is 12.2 Å². The molecular formula is C67H121N11O14. The third-order valence-electron chi connectivity index (χ3n) is 17.5. The van der Waals surface area contributed by atoms with E-state index in [1.165, 1.54) is 99.7 Å². The molecule has 528 valence electrons. The Labute approximate surface area is 550 Å². The lowest BCUT2D eigenvalue weighted by atomic mass is 9.91. The number of aliphatic hydroxyl groups is 2. The van der Waals surface area contributed by atoms with Gasteiger partial charge in [-0.25, -0.2) is 0 Å². The van der Waals surface area contributed by atoms with Gasteiger partial charge in [0, 0.05) is 69.6 Å². The first-order chi connectivity index (χ1) is 42.6. The maximum Gasteiger partial charge on any atom is 0.273 e. The molecule has 0 radical (unpaired) electrons. The molecular weight excluding hydrogens is 1180 g/mol. The first-order valence-electron chi connectivity index (χ1n) is 33.2. The van der Waals surface area contributed by atoms with Crippen LogP contribution in [-0.4, -0.2) is 257 Å². The number of amides is 11. The number of nitrogens with zero attached hydrogens (tertiary/aromatic N) is 8. The monoisotopic (exact) mass is 1300 g/mol. The molecule has 1 saturated heterocycles. The highest BCUT2D eigenvalue weighted by atomic mass is 16.5. The van der Waals surface area contributed by atoms with E-state index in [0.29, 0.717) is 0 Å². The molecule has 0 bridgehead atoms. The summed E-state index contributed by atoms with van der Waals surface area (Å²) in [7, 11) is 11.0. The Balaban J connectivity index is 4.57. The molecule has 0 aromatic rings. The molecule has 1 rings (SSSR count). The largest absolute Gasteiger partial charge is 0.396 e. The highest BCUT2D eigenvalue weighted by Gasteiger charge is 2.47. The van der Waals surface area contributed by atoms with Crippen molar-refractivity contribution < 1.29 is 67.7 Å².